The van der Waals surface area contributed by atoms with Gasteiger partial charge in [-0.15, -0.1) is 0 Å². The highest BCUT2D eigenvalue weighted by molar-refractivity contribution is 5.31. The van der Waals surface area contributed by atoms with E-state index in [9.17, 15) is 5.11 Å². The molecule has 0 amide bonds. The van der Waals surface area contributed by atoms with Crippen LogP contribution in [-0.4, -0.2) is 17.8 Å². The molecular weight excluding hydrogens is 186 g/mol. The minimum atomic E-state index is -0.0964. The van der Waals surface area contributed by atoms with Crippen molar-refractivity contribution < 1.29 is 5.11 Å². The van der Waals surface area contributed by atoms with Crippen LogP contribution < -0.4 is 5.73 Å². The molecule has 2 atom stereocenters. The minimum Gasteiger partial charge on any atom is -0.393 e. The predicted molar refractivity (Wildman–Crippen MR) is 61.8 cm³/mol. The van der Waals surface area contributed by atoms with Gasteiger partial charge in [-0.2, -0.15) is 0 Å². The van der Waals surface area contributed by atoms with Gasteiger partial charge in [0.05, 0.1) is 6.10 Å². The van der Waals surface area contributed by atoms with E-state index in [1.54, 1.807) is 0 Å². The van der Waals surface area contributed by atoms with Gasteiger partial charge >= 0.3 is 0 Å². The lowest BCUT2D eigenvalue weighted by Gasteiger charge is -2.14. The second kappa shape index (κ2) is 4.77. The Balaban J connectivity index is 2.19. The van der Waals surface area contributed by atoms with Crippen molar-refractivity contribution in [2.45, 2.75) is 37.7 Å². The molecule has 1 aliphatic rings. The Morgan fingerprint density at radius 1 is 1.27 bits per heavy atom. The molecule has 2 rings (SSSR count). The first-order chi connectivity index (χ1) is 7.31. The first-order valence-corrected chi connectivity index (χ1v) is 5.77. The van der Waals surface area contributed by atoms with Gasteiger partial charge in [0.2, 0.25) is 0 Å². The smallest absolute Gasteiger partial charge is 0.0546 e. The van der Waals surface area contributed by atoms with Crippen LogP contribution in [0.5, 0.6) is 0 Å². The Kier molecular flexibility index (Phi) is 3.39. The Labute approximate surface area is 91.1 Å². The van der Waals surface area contributed by atoms with Gasteiger partial charge < -0.3 is 10.8 Å². The Morgan fingerprint density at radius 2 is 2.07 bits per heavy atom. The van der Waals surface area contributed by atoms with Crippen molar-refractivity contribution in [1.82, 2.24) is 0 Å². The molecule has 0 spiro atoms. The quantitative estimate of drug-likeness (QED) is 0.790. The molecule has 3 N–H and O–H groups in total. The molecule has 1 fully saturated rings. The van der Waals surface area contributed by atoms with E-state index in [0.29, 0.717) is 12.5 Å². The summed E-state index contributed by atoms with van der Waals surface area (Å²) < 4.78 is 0. The summed E-state index contributed by atoms with van der Waals surface area (Å²) in [5, 5.41) is 9.56. The van der Waals surface area contributed by atoms with Crippen LogP contribution in [0.25, 0.3) is 0 Å². The molecule has 0 radical (unpaired) electrons. The fraction of sp³-hybridized carbons (Fsp3) is 0.538. The van der Waals surface area contributed by atoms with E-state index in [0.717, 1.165) is 25.7 Å². The number of hydrogen-bond acceptors (Lipinski definition) is 2. The lowest BCUT2D eigenvalue weighted by atomic mass is 9.91. The number of benzene rings is 1. The molecule has 2 nitrogen and oxygen atoms in total. The lowest BCUT2D eigenvalue weighted by Crippen LogP contribution is -2.07. The molecule has 0 aromatic heterocycles. The molecule has 1 saturated carbocycles. The normalized spacial score (nSPS) is 25.7. The second-order valence-electron chi connectivity index (χ2n) is 4.40. The first-order valence-electron chi connectivity index (χ1n) is 5.77. The maximum absolute atomic E-state index is 9.56. The van der Waals surface area contributed by atoms with Crippen LogP contribution in [0, 0.1) is 0 Å². The van der Waals surface area contributed by atoms with Crippen LogP contribution in [0.15, 0.2) is 24.3 Å². The van der Waals surface area contributed by atoms with Gasteiger partial charge in [0.15, 0.2) is 0 Å². The Bertz CT molecular complexity index is 324. The van der Waals surface area contributed by atoms with Crippen LogP contribution in [0.3, 0.4) is 0 Å². The summed E-state index contributed by atoms with van der Waals surface area (Å²) in [5.74, 6) is 0.544. The Hall–Kier alpha value is -0.860. The minimum absolute atomic E-state index is 0.0964. The zero-order valence-electron chi connectivity index (χ0n) is 9.02. The number of rotatable bonds is 3. The summed E-state index contributed by atoms with van der Waals surface area (Å²) in [5.41, 5.74) is 8.37. The van der Waals surface area contributed by atoms with E-state index in [1.807, 2.05) is 0 Å². The van der Waals surface area contributed by atoms with E-state index in [4.69, 9.17) is 5.73 Å². The third-order valence-electron chi connectivity index (χ3n) is 3.31. The summed E-state index contributed by atoms with van der Waals surface area (Å²) in [6.07, 6.45) is 3.83. The fourth-order valence-corrected chi connectivity index (χ4v) is 2.56. The van der Waals surface area contributed by atoms with Crippen molar-refractivity contribution in [3.05, 3.63) is 35.4 Å². The topological polar surface area (TPSA) is 46.2 Å². The van der Waals surface area contributed by atoms with Crippen LogP contribution in [-0.2, 0) is 6.42 Å². The van der Waals surface area contributed by atoms with Gasteiger partial charge in [0.25, 0.3) is 0 Å². The molecule has 82 valence electrons. The number of hydrogen-bond donors (Lipinski definition) is 2. The van der Waals surface area contributed by atoms with Gasteiger partial charge in [0, 0.05) is 0 Å². The average Bonchev–Trinajstić information content (AvgIpc) is 2.66. The first kappa shape index (κ1) is 10.7. The van der Waals surface area contributed by atoms with Crippen LogP contribution in [0.2, 0.25) is 0 Å². The van der Waals surface area contributed by atoms with Crippen molar-refractivity contribution in [2.24, 2.45) is 5.73 Å². The zero-order valence-corrected chi connectivity index (χ0v) is 9.02. The van der Waals surface area contributed by atoms with Crippen LogP contribution in [0.1, 0.15) is 36.3 Å². The predicted octanol–water partition coefficient (Wildman–Crippen LogP) is 1.82. The highest BCUT2D eigenvalue weighted by Crippen LogP contribution is 2.36. The molecule has 0 bridgehead atoms. The molecule has 1 aliphatic carbocycles. The van der Waals surface area contributed by atoms with Crippen molar-refractivity contribution in [3.63, 3.8) is 0 Å². The summed E-state index contributed by atoms with van der Waals surface area (Å²) >= 11 is 0. The largest absolute Gasteiger partial charge is 0.393 e. The molecule has 2 unspecified atom stereocenters. The van der Waals surface area contributed by atoms with Crippen molar-refractivity contribution in [3.8, 4) is 0 Å². The van der Waals surface area contributed by atoms with E-state index in [-0.39, 0.29) is 6.10 Å². The third kappa shape index (κ3) is 2.39. The summed E-state index contributed by atoms with van der Waals surface area (Å²) in [7, 11) is 0. The van der Waals surface area contributed by atoms with Gasteiger partial charge in [-0.05, 0) is 49.3 Å². The summed E-state index contributed by atoms with van der Waals surface area (Å²) in [6, 6.07) is 8.50. The summed E-state index contributed by atoms with van der Waals surface area (Å²) in [4.78, 5) is 0. The molecule has 1 aromatic rings. The molecular formula is C13H19NO. The maximum Gasteiger partial charge on any atom is 0.0546 e. The highest BCUT2D eigenvalue weighted by Gasteiger charge is 2.25. The molecule has 1 aromatic carbocycles. The second-order valence-corrected chi connectivity index (χ2v) is 4.40. The molecule has 15 heavy (non-hydrogen) atoms. The number of nitrogens with two attached hydrogens (primary N) is 1. The van der Waals surface area contributed by atoms with Gasteiger partial charge in [0.1, 0.15) is 0 Å². The Morgan fingerprint density at radius 3 is 2.73 bits per heavy atom. The highest BCUT2D eigenvalue weighted by atomic mass is 16.3. The number of aliphatic hydroxyl groups is 1. The van der Waals surface area contributed by atoms with Gasteiger partial charge in [-0.3, -0.25) is 0 Å². The van der Waals surface area contributed by atoms with Crippen molar-refractivity contribution >= 4 is 0 Å². The number of aliphatic hydroxyl groups excluding tert-OH is 1. The summed E-state index contributed by atoms with van der Waals surface area (Å²) in [6.45, 7) is 0.701. The van der Waals surface area contributed by atoms with Crippen molar-refractivity contribution in [2.75, 3.05) is 6.54 Å². The van der Waals surface area contributed by atoms with Crippen LogP contribution in [0.4, 0.5) is 0 Å². The van der Waals surface area contributed by atoms with Gasteiger partial charge in [-0.1, -0.05) is 24.3 Å². The molecule has 0 aliphatic heterocycles. The molecule has 0 heterocycles. The van der Waals surface area contributed by atoms with Gasteiger partial charge in [-0.25, -0.2) is 0 Å². The standard InChI is InChI=1S/C13H19NO/c14-8-7-10-3-1-2-4-13(10)11-5-6-12(15)9-11/h1-4,11-12,15H,5-9,14H2. The van der Waals surface area contributed by atoms with E-state index >= 15 is 0 Å². The average molecular weight is 205 g/mol. The maximum atomic E-state index is 9.56. The van der Waals surface area contributed by atoms with Crippen molar-refractivity contribution in [1.29, 1.82) is 0 Å². The van der Waals surface area contributed by atoms with E-state index in [2.05, 4.69) is 24.3 Å². The molecule has 0 saturated heterocycles. The third-order valence-corrected chi connectivity index (χ3v) is 3.31. The van der Waals surface area contributed by atoms with E-state index < -0.39 is 0 Å². The fourth-order valence-electron chi connectivity index (χ4n) is 2.56. The SMILES string of the molecule is NCCc1ccccc1C1CCC(O)C1. The molecule has 2 heteroatoms. The zero-order chi connectivity index (χ0) is 10.7. The lowest BCUT2D eigenvalue weighted by molar-refractivity contribution is 0.181. The van der Waals surface area contributed by atoms with Crippen LogP contribution >= 0.6 is 0 Å². The van der Waals surface area contributed by atoms with E-state index in [1.165, 1.54) is 11.1 Å². The monoisotopic (exact) mass is 205 g/mol.